The van der Waals surface area contributed by atoms with Crippen LogP contribution in [-0.2, 0) is 4.79 Å². The minimum atomic E-state index is -0.196. The second-order valence-corrected chi connectivity index (χ2v) is 5.25. The maximum Gasteiger partial charge on any atom is 0.236 e. The fraction of sp³-hybridized carbons (Fsp3) is 0.667. The van der Waals surface area contributed by atoms with Crippen LogP contribution in [-0.4, -0.2) is 23.5 Å². The van der Waals surface area contributed by atoms with Crippen molar-refractivity contribution >= 4 is 17.2 Å². The molecule has 17 heavy (non-hydrogen) atoms. The van der Waals surface area contributed by atoms with Crippen LogP contribution in [0.15, 0.2) is 5.38 Å². The van der Waals surface area contributed by atoms with E-state index in [0.717, 1.165) is 23.7 Å². The van der Waals surface area contributed by atoms with E-state index < -0.39 is 0 Å². The molecule has 0 saturated heterocycles. The Kier molecular flexibility index (Phi) is 5.58. The third-order valence-electron chi connectivity index (χ3n) is 2.52. The molecule has 0 saturated carbocycles. The SMILES string of the molecule is CCCNC(=O)C(C)NC(C)c1csc(C)n1. The van der Waals surface area contributed by atoms with Crippen molar-refractivity contribution in [3.8, 4) is 0 Å². The Labute approximate surface area is 107 Å². The number of thiazole rings is 1. The van der Waals surface area contributed by atoms with Crippen LogP contribution in [0.2, 0.25) is 0 Å². The number of aryl methyl sites for hydroxylation is 1. The first-order valence-electron chi connectivity index (χ1n) is 6.00. The first kappa shape index (κ1) is 14.1. The number of carbonyl (C=O) groups excluding carboxylic acids is 1. The van der Waals surface area contributed by atoms with Gasteiger partial charge in [-0.25, -0.2) is 4.98 Å². The van der Waals surface area contributed by atoms with E-state index in [-0.39, 0.29) is 18.0 Å². The lowest BCUT2D eigenvalue weighted by Gasteiger charge is -2.18. The average Bonchev–Trinajstić information content (AvgIpc) is 2.72. The molecule has 0 aliphatic heterocycles. The molecule has 0 aliphatic carbocycles. The molecular weight excluding hydrogens is 234 g/mol. The summed E-state index contributed by atoms with van der Waals surface area (Å²) in [5.74, 6) is 0.0469. The predicted molar refractivity (Wildman–Crippen MR) is 71.2 cm³/mol. The molecule has 0 spiro atoms. The van der Waals surface area contributed by atoms with Crippen molar-refractivity contribution < 1.29 is 4.79 Å². The Bertz CT molecular complexity index is 364. The summed E-state index contributed by atoms with van der Waals surface area (Å²) in [5, 5.41) is 9.21. The molecule has 2 N–H and O–H groups in total. The van der Waals surface area contributed by atoms with Gasteiger partial charge >= 0.3 is 0 Å². The highest BCUT2D eigenvalue weighted by atomic mass is 32.1. The smallest absolute Gasteiger partial charge is 0.236 e. The van der Waals surface area contributed by atoms with Gasteiger partial charge in [-0.1, -0.05) is 6.92 Å². The zero-order valence-corrected chi connectivity index (χ0v) is 11.7. The van der Waals surface area contributed by atoms with E-state index in [4.69, 9.17) is 0 Å². The molecule has 0 bridgehead atoms. The van der Waals surface area contributed by atoms with Gasteiger partial charge < -0.3 is 5.32 Å². The largest absolute Gasteiger partial charge is 0.355 e. The maximum absolute atomic E-state index is 11.7. The molecule has 1 amide bonds. The molecule has 1 aromatic rings. The summed E-state index contributed by atoms with van der Waals surface area (Å²) in [4.78, 5) is 16.1. The van der Waals surface area contributed by atoms with Crippen LogP contribution >= 0.6 is 11.3 Å². The quantitative estimate of drug-likeness (QED) is 0.817. The van der Waals surface area contributed by atoms with Crippen molar-refractivity contribution in [1.82, 2.24) is 15.6 Å². The predicted octanol–water partition coefficient (Wildman–Crippen LogP) is 2.02. The monoisotopic (exact) mass is 255 g/mol. The second-order valence-electron chi connectivity index (χ2n) is 4.19. The summed E-state index contributed by atoms with van der Waals surface area (Å²) < 4.78 is 0. The van der Waals surface area contributed by atoms with Crippen LogP contribution in [0.4, 0.5) is 0 Å². The zero-order chi connectivity index (χ0) is 12.8. The van der Waals surface area contributed by atoms with Crippen LogP contribution in [0.1, 0.15) is 43.9 Å². The Hall–Kier alpha value is -0.940. The number of hydrogen-bond donors (Lipinski definition) is 2. The molecule has 2 atom stereocenters. The van der Waals surface area contributed by atoms with Crippen LogP contribution in [0.25, 0.3) is 0 Å². The van der Waals surface area contributed by atoms with Gasteiger partial charge in [-0.15, -0.1) is 11.3 Å². The highest BCUT2D eigenvalue weighted by Gasteiger charge is 2.16. The van der Waals surface area contributed by atoms with Gasteiger partial charge in [-0.05, 0) is 27.2 Å². The Morgan fingerprint density at radius 1 is 1.53 bits per heavy atom. The molecule has 0 aliphatic rings. The molecule has 96 valence electrons. The first-order chi connectivity index (χ1) is 8.04. The fourth-order valence-electron chi connectivity index (χ4n) is 1.52. The lowest BCUT2D eigenvalue weighted by Crippen LogP contribution is -2.43. The Morgan fingerprint density at radius 2 is 2.24 bits per heavy atom. The highest BCUT2D eigenvalue weighted by molar-refractivity contribution is 7.09. The van der Waals surface area contributed by atoms with Crippen molar-refractivity contribution in [2.24, 2.45) is 0 Å². The molecular formula is C12H21N3OS. The van der Waals surface area contributed by atoms with Crippen LogP contribution in [0.5, 0.6) is 0 Å². The van der Waals surface area contributed by atoms with E-state index in [1.807, 2.05) is 33.1 Å². The van der Waals surface area contributed by atoms with Crippen LogP contribution in [0.3, 0.4) is 0 Å². The number of aromatic nitrogens is 1. The molecule has 1 aromatic heterocycles. The minimum Gasteiger partial charge on any atom is -0.355 e. The summed E-state index contributed by atoms with van der Waals surface area (Å²) in [6.07, 6.45) is 0.958. The van der Waals surface area contributed by atoms with Crippen molar-refractivity contribution in [3.05, 3.63) is 16.1 Å². The fourth-order valence-corrected chi connectivity index (χ4v) is 2.22. The molecule has 0 radical (unpaired) electrons. The highest BCUT2D eigenvalue weighted by Crippen LogP contribution is 2.16. The number of amides is 1. The van der Waals surface area contributed by atoms with E-state index in [9.17, 15) is 4.79 Å². The standard InChI is InChI=1S/C12H21N3OS/c1-5-6-13-12(16)9(3)14-8(2)11-7-17-10(4)15-11/h7-9,14H,5-6H2,1-4H3,(H,13,16). The van der Waals surface area contributed by atoms with Crippen LogP contribution < -0.4 is 10.6 Å². The Balaban J connectivity index is 2.45. The van der Waals surface area contributed by atoms with Gasteiger partial charge in [-0.3, -0.25) is 10.1 Å². The topological polar surface area (TPSA) is 54.0 Å². The van der Waals surface area contributed by atoms with E-state index in [0.29, 0.717) is 0 Å². The lowest BCUT2D eigenvalue weighted by atomic mass is 10.2. The van der Waals surface area contributed by atoms with Crippen molar-refractivity contribution in [3.63, 3.8) is 0 Å². The molecule has 5 heteroatoms. The normalized spacial score (nSPS) is 14.4. The van der Waals surface area contributed by atoms with Gasteiger partial charge in [0, 0.05) is 18.0 Å². The van der Waals surface area contributed by atoms with Gasteiger partial charge in [0.1, 0.15) is 0 Å². The third kappa shape index (κ3) is 4.44. The summed E-state index contributed by atoms with van der Waals surface area (Å²) in [5.41, 5.74) is 1.00. The van der Waals surface area contributed by atoms with E-state index >= 15 is 0 Å². The summed E-state index contributed by atoms with van der Waals surface area (Å²) >= 11 is 1.63. The van der Waals surface area contributed by atoms with E-state index in [2.05, 4.69) is 15.6 Å². The molecule has 1 heterocycles. The molecule has 4 nitrogen and oxygen atoms in total. The number of hydrogen-bond acceptors (Lipinski definition) is 4. The Morgan fingerprint density at radius 3 is 2.76 bits per heavy atom. The second kappa shape index (κ2) is 6.71. The number of rotatable bonds is 6. The van der Waals surface area contributed by atoms with E-state index in [1.54, 1.807) is 11.3 Å². The van der Waals surface area contributed by atoms with Gasteiger partial charge in [-0.2, -0.15) is 0 Å². The summed E-state index contributed by atoms with van der Waals surface area (Å²) in [6, 6.07) is -0.0964. The first-order valence-corrected chi connectivity index (χ1v) is 6.88. The van der Waals surface area contributed by atoms with Crippen LogP contribution in [0, 0.1) is 6.92 Å². The molecule has 1 rings (SSSR count). The number of nitrogens with one attached hydrogen (secondary N) is 2. The minimum absolute atomic E-state index is 0.0469. The summed E-state index contributed by atoms with van der Waals surface area (Å²) in [7, 11) is 0. The van der Waals surface area contributed by atoms with Crippen molar-refractivity contribution in [1.29, 1.82) is 0 Å². The van der Waals surface area contributed by atoms with E-state index in [1.165, 1.54) is 0 Å². The van der Waals surface area contributed by atoms with Crippen molar-refractivity contribution in [2.45, 2.75) is 46.2 Å². The van der Waals surface area contributed by atoms with Gasteiger partial charge in [0.25, 0.3) is 0 Å². The molecule has 0 fully saturated rings. The van der Waals surface area contributed by atoms with Gasteiger partial charge in [0.15, 0.2) is 0 Å². The maximum atomic E-state index is 11.7. The average molecular weight is 255 g/mol. The number of carbonyl (C=O) groups is 1. The molecule has 0 aromatic carbocycles. The van der Waals surface area contributed by atoms with Gasteiger partial charge in [0.05, 0.1) is 16.7 Å². The third-order valence-corrected chi connectivity index (χ3v) is 3.31. The zero-order valence-electron chi connectivity index (χ0n) is 10.9. The summed E-state index contributed by atoms with van der Waals surface area (Å²) in [6.45, 7) is 8.66. The number of nitrogens with zero attached hydrogens (tertiary/aromatic N) is 1. The van der Waals surface area contributed by atoms with Crippen molar-refractivity contribution in [2.75, 3.05) is 6.54 Å². The lowest BCUT2D eigenvalue weighted by molar-refractivity contribution is -0.122. The van der Waals surface area contributed by atoms with Gasteiger partial charge in [0.2, 0.25) is 5.91 Å². The molecule has 2 unspecified atom stereocenters.